The molecule has 1 saturated carbocycles. The number of carboxylic acid groups (broad SMARTS) is 1. The van der Waals surface area contributed by atoms with Crippen LogP contribution in [-0.4, -0.2) is 35.5 Å². The van der Waals surface area contributed by atoms with Crippen LogP contribution in [-0.2, 0) is 35.6 Å². The van der Waals surface area contributed by atoms with Crippen molar-refractivity contribution in [1.82, 2.24) is 0 Å². The summed E-state index contributed by atoms with van der Waals surface area (Å²) in [7, 11) is 0. The van der Waals surface area contributed by atoms with E-state index in [0.29, 0.717) is 12.1 Å². The average Bonchev–Trinajstić information content (AvgIpc) is 2.56. The summed E-state index contributed by atoms with van der Waals surface area (Å²) in [4.78, 5) is 33.9. The first kappa shape index (κ1) is 22.3. The lowest BCUT2D eigenvalue weighted by Gasteiger charge is -2.46. The number of halogens is 5. The van der Waals surface area contributed by atoms with Gasteiger partial charge < -0.3 is 14.6 Å². The van der Waals surface area contributed by atoms with Crippen molar-refractivity contribution in [2.45, 2.75) is 37.0 Å². The number of hydrogen-bond donors (Lipinski definition) is 1. The van der Waals surface area contributed by atoms with Gasteiger partial charge in [0.15, 0.2) is 6.61 Å². The number of ether oxygens (including phenoxy) is 2. The van der Waals surface area contributed by atoms with Crippen LogP contribution in [0.15, 0.2) is 36.4 Å². The molecule has 1 aliphatic carbocycles. The second-order valence-electron chi connectivity index (χ2n) is 6.50. The molecule has 2 rings (SSSR count). The molecule has 0 amide bonds. The molecule has 1 aromatic rings. The molecule has 1 N–H and O–H groups in total. The van der Waals surface area contributed by atoms with E-state index in [1.807, 2.05) is 0 Å². The third-order valence-electron chi connectivity index (χ3n) is 4.11. The second kappa shape index (κ2) is 7.80. The van der Waals surface area contributed by atoms with Crippen molar-refractivity contribution < 1.29 is 50.9 Å². The summed E-state index contributed by atoms with van der Waals surface area (Å²) < 4.78 is 74.4. The molecule has 0 spiro atoms. The molecule has 1 fully saturated rings. The topological polar surface area (TPSA) is 89.9 Å². The van der Waals surface area contributed by atoms with Gasteiger partial charge in [0.1, 0.15) is 5.60 Å². The first-order chi connectivity index (χ1) is 13.2. The maximum atomic E-state index is 13.5. The fraction of sp³-hybridized carbons (Fsp3) is 0.389. The summed E-state index contributed by atoms with van der Waals surface area (Å²) in [5.41, 5.74) is -3.37. The van der Waals surface area contributed by atoms with Gasteiger partial charge in [-0.3, -0.25) is 4.79 Å². The number of aliphatic carboxylic acids is 1. The minimum atomic E-state index is -4.63. The molecule has 0 unspecified atom stereocenters. The summed E-state index contributed by atoms with van der Waals surface area (Å²) in [6.07, 6.45) is -7.27. The summed E-state index contributed by atoms with van der Waals surface area (Å²) in [6.45, 7) is 2.28. The van der Waals surface area contributed by atoms with Gasteiger partial charge in [0.05, 0.1) is 24.8 Å². The number of esters is 2. The monoisotopic (exact) mass is 422 g/mol. The van der Waals surface area contributed by atoms with E-state index in [2.05, 4.69) is 11.3 Å². The van der Waals surface area contributed by atoms with Crippen molar-refractivity contribution in [1.29, 1.82) is 0 Å². The zero-order chi connectivity index (χ0) is 22.0. The van der Waals surface area contributed by atoms with E-state index in [0.717, 1.165) is 12.1 Å². The highest BCUT2D eigenvalue weighted by Crippen LogP contribution is 2.54. The van der Waals surface area contributed by atoms with E-state index in [1.165, 1.54) is 0 Å². The SMILES string of the molecule is C=C(CC(=O)OC1(c2ccc(C(F)(F)F)cc2)CC(F)(F)C1)C(=O)OCC(=O)O. The fourth-order valence-corrected chi connectivity index (χ4v) is 2.81. The minimum Gasteiger partial charge on any atom is -0.479 e. The molecular formula is C18H15F5O6. The van der Waals surface area contributed by atoms with Crippen molar-refractivity contribution in [3.8, 4) is 0 Å². The molecule has 1 aliphatic rings. The van der Waals surface area contributed by atoms with E-state index >= 15 is 0 Å². The van der Waals surface area contributed by atoms with Crippen molar-refractivity contribution in [3.63, 3.8) is 0 Å². The first-order valence-corrected chi connectivity index (χ1v) is 8.08. The lowest BCUT2D eigenvalue weighted by Crippen LogP contribution is -2.52. The second-order valence-corrected chi connectivity index (χ2v) is 6.50. The van der Waals surface area contributed by atoms with Crippen LogP contribution in [0.1, 0.15) is 30.4 Å². The number of rotatable bonds is 7. The molecule has 158 valence electrons. The number of alkyl halides is 5. The van der Waals surface area contributed by atoms with Crippen molar-refractivity contribution in [3.05, 3.63) is 47.5 Å². The Balaban J connectivity index is 2.11. The zero-order valence-electron chi connectivity index (χ0n) is 14.7. The van der Waals surface area contributed by atoms with Gasteiger partial charge >= 0.3 is 24.1 Å². The Morgan fingerprint density at radius 1 is 1.10 bits per heavy atom. The standard InChI is InChI=1S/C18H15F5O6/c1-10(15(27)28-7-13(24)25)6-14(26)29-16(8-17(19,20)9-16)11-2-4-12(5-3-11)18(21,22)23/h2-5H,1,6-9H2,(H,24,25). The maximum Gasteiger partial charge on any atom is 0.416 e. The third kappa shape index (κ3) is 5.52. The van der Waals surface area contributed by atoms with Crippen LogP contribution in [0.3, 0.4) is 0 Å². The van der Waals surface area contributed by atoms with Crippen molar-refractivity contribution >= 4 is 17.9 Å². The molecule has 6 nitrogen and oxygen atoms in total. The molecular weight excluding hydrogens is 407 g/mol. The van der Waals surface area contributed by atoms with Crippen LogP contribution in [0, 0.1) is 0 Å². The summed E-state index contributed by atoms with van der Waals surface area (Å²) in [5.74, 6) is -6.95. The Kier molecular flexibility index (Phi) is 6.00. The molecule has 0 bridgehead atoms. The lowest BCUT2D eigenvalue weighted by molar-refractivity contribution is -0.231. The molecule has 29 heavy (non-hydrogen) atoms. The predicted molar refractivity (Wildman–Crippen MR) is 85.7 cm³/mol. The smallest absolute Gasteiger partial charge is 0.416 e. The number of carbonyl (C=O) groups excluding carboxylic acids is 2. The molecule has 11 heteroatoms. The Bertz CT molecular complexity index is 820. The molecule has 0 atom stereocenters. The highest BCUT2D eigenvalue weighted by atomic mass is 19.4. The van der Waals surface area contributed by atoms with Gasteiger partial charge in [0, 0.05) is 5.57 Å². The predicted octanol–water partition coefficient (Wildman–Crippen LogP) is 3.45. The Labute approximate surface area is 160 Å². The molecule has 0 aliphatic heterocycles. The molecule has 0 heterocycles. The first-order valence-electron chi connectivity index (χ1n) is 8.08. The van der Waals surface area contributed by atoms with E-state index in [4.69, 9.17) is 9.84 Å². The normalized spacial score (nSPS) is 17.0. The van der Waals surface area contributed by atoms with Crippen LogP contribution in [0.2, 0.25) is 0 Å². The number of benzene rings is 1. The van der Waals surface area contributed by atoms with E-state index in [-0.39, 0.29) is 5.56 Å². The maximum absolute atomic E-state index is 13.5. The average molecular weight is 422 g/mol. The third-order valence-corrected chi connectivity index (χ3v) is 4.11. The van der Waals surface area contributed by atoms with Gasteiger partial charge in [-0.1, -0.05) is 18.7 Å². The minimum absolute atomic E-state index is 0.0520. The largest absolute Gasteiger partial charge is 0.479 e. The van der Waals surface area contributed by atoms with E-state index < -0.39 is 72.6 Å². The molecule has 1 aromatic carbocycles. The van der Waals surface area contributed by atoms with Crippen LogP contribution in [0.4, 0.5) is 22.0 Å². The highest BCUT2D eigenvalue weighted by Gasteiger charge is 2.60. The van der Waals surface area contributed by atoms with Gasteiger partial charge in [-0.15, -0.1) is 0 Å². The Morgan fingerprint density at radius 3 is 2.10 bits per heavy atom. The summed E-state index contributed by atoms with van der Waals surface area (Å²) in [5, 5.41) is 8.42. The van der Waals surface area contributed by atoms with Gasteiger partial charge in [0.2, 0.25) is 0 Å². The van der Waals surface area contributed by atoms with Gasteiger partial charge in [-0.25, -0.2) is 18.4 Å². The van der Waals surface area contributed by atoms with Gasteiger partial charge in [-0.2, -0.15) is 13.2 Å². The number of hydrogen-bond acceptors (Lipinski definition) is 5. The highest BCUT2D eigenvalue weighted by molar-refractivity contribution is 5.94. The van der Waals surface area contributed by atoms with E-state index in [9.17, 15) is 36.3 Å². The summed E-state index contributed by atoms with van der Waals surface area (Å²) >= 11 is 0. The van der Waals surface area contributed by atoms with Gasteiger partial charge in [-0.05, 0) is 17.7 Å². The lowest BCUT2D eigenvalue weighted by atomic mass is 9.71. The van der Waals surface area contributed by atoms with Crippen molar-refractivity contribution in [2.24, 2.45) is 0 Å². The zero-order valence-corrected chi connectivity index (χ0v) is 14.7. The number of carbonyl (C=O) groups is 3. The van der Waals surface area contributed by atoms with Crippen LogP contribution in [0.5, 0.6) is 0 Å². The van der Waals surface area contributed by atoms with Crippen molar-refractivity contribution in [2.75, 3.05) is 6.61 Å². The number of carboxylic acids is 1. The van der Waals surface area contributed by atoms with Crippen LogP contribution >= 0.6 is 0 Å². The van der Waals surface area contributed by atoms with Crippen LogP contribution < -0.4 is 0 Å². The van der Waals surface area contributed by atoms with Gasteiger partial charge in [0.25, 0.3) is 5.92 Å². The quantitative estimate of drug-likeness (QED) is 0.411. The Morgan fingerprint density at radius 2 is 1.66 bits per heavy atom. The summed E-state index contributed by atoms with van der Waals surface area (Å²) in [6, 6.07) is 3.26. The van der Waals surface area contributed by atoms with Crippen LogP contribution in [0.25, 0.3) is 0 Å². The Hall–Kier alpha value is -2.98. The molecule has 0 aromatic heterocycles. The molecule has 0 saturated heterocycles. The van der Waals surface area contributed by atoms with E-state index in [1.54, 1.807) is 0 Å². The fourth-order valence-electron chi connectivity index (χ4n) is 2.81. The molecule has 0 radical (unpaired) electrons.